The Labute approximate surface area is 128 Å². The van der Waals surface area contributed by atoms with Crippen LogP contribution in [0.5, 0.6) is 0 Å². The number of nitrogens with two attached hydrogens (primary N) is 1. The molecule has 21 heavy (non-hydrogen) atoms. The van der Waals surface area contributed by atoms with Crippen molar-refractivity contribution in [2.75, 3.05) is 0 Å². The first-order chi connectivity index (χ1) is 9.48. The van der Waals surface area contributed by atoms with Crippen LogP contribution in [0.3, 0.4) is 0 Å². The first-order valence-electron chi connectivity index (χ1n) is 7.68. The molecule has 0 bridgehead atoms. The van der Waals surface area contributed by atoms with Gasteiger partial charge in [-0.2, -0.15) is 0 Å². The molecule has 0 saturated carbocycles. The van der Waals surface area contributed by atoms with Crippen LogP contribution in [0.15, 0.2) is 0 Å². The lowest BCUT2D eigenvalue weighted by atomic mass is 9.61. The average Bonchev–Trinajstić information content (AvgIpc) is 2.23. The van der Waals surface area contributed by atoms with Crippen LogP contribution in [0, 0.1) is 5.41 Å². The van der Waals surface area contributed by atoms with E-state index in [1.807, 2.05) is 6.92 Å². The summed E-state index contributed by atoms with van der Waals surface area (Å²) in [6.07, 6.45) is -0.948. The van der Waals surface area contributed by atoms with Crippen LogP contribution in [-0.2, 0) is 0 Å². The van der Waals surface area contributed by atoms with Crippen molar-refractivity contribution < 1.29 is 20.4 Å². The van der Waals surface area contributed by atoms with Gasteiger partial charge in [-0.25, -0.2) is 0 Å². The topological polar surface area (TPSA) is 119 Å². The molecule has 0 amide bonds. The predicted octanol–water partition coefficient (Wildman–Crippen LogP) is 0.278. The normalized spacial score (nSPS) is 23.7. The van der Waals surface area contributed by atoms with E-state index >= 15 is 0 Å². The summed E-state index contributed by atoms with van der Waals surface area (Å²) in [5.41, 5.74) is 1.41. The smallest absolute Gasteiger partial charge is 0.0530 e. The summed E-state index contributed by atoms with van der Waals surface area (Å²) in [6, 6.07) is 0. The van der Waals surface area contributed by atoms with Gasteiger partial charge in [-0.15, -0.1) is 0 Å². The Bertz CT molecular complexity index is 273. The van der Waals surface area contributed by atoms with Gasteiger partial charge in [-0.3, -0.25) is 11.3 Å². The molecule has 0 saturated heterocycles. The molecular formula is C15H34N2O4. The van der Waals surface area contributed by atoms with E-state index < -0.39 is 35.4 Å². The molecule has 0 spiro atoms. The molecule has 7 N–H and O–H groups in total. The first kappa shape index (κ1) is 20.8. The maximum atomic E-state index is 9.86. The second kappa shape index (κ2) is 8.41. The van der Waals surface area contributed by atoms with Gasteiger partial charge in [0.2, 0.25) is 0 Å². The van der Waals surface area contributed by atoms with E-state index in [-0.39, 0.29) is 0 Å². The molecule has 0 aliphatic heterocycles. The van der Waals surface area contributed by atoms with Crippen molar-refractivity contribution in [2.24, 2.45) is 11.3 Å². The van der Waals surface area contributed by atoms with Gasteiger partial charge in [-0.1, -0.05) is 6.92 Å². The molecule has 128 valence electrons. The second-order valence-electron chi connectivity index (χ2n) is 7.00. The highest BCUT2D eigenvalue weighted by Gasteiger charge is 2.49. The van der Waals surface area contributed by atoms with Gasteiger partial charge in [0.1, 0.15) is 0 Å². The standard InChI is InChI=1S/C15H34N2O4/c1-10(18)6-14(5,7-11(2)19)15(17-16,8-12(3)20)9-13(4)21/h10-13,17-21H,6-9,16H2,1-5H3. The molecular weight excluding hydrogens is 272 g/mol. The minimum Gasteiger partial charge on any atom is -0.393 e. The molecule has 4 atom stereocenters. The van der Waals surface area contributed by atoms with E-state index in [1.165, 1.54) is 0 Å². The van der Waals surface area contributed by atoms with E-state index in [2.05, 4.69) is 5.43 Å². The predicted molar refractivity (Wildman–Crippen MR) is 83.4 cm³/mol. The summed E-state index contributed by atoms with van der Waals surface area (Å²) in [5.74, 6) is 5.81. The minimum atomic E-state index is -0.788. The van der Waals surface area contributed by atoms with Gasteiger partial charge < -0.3 is 20.4 Å². The molecule has 0 aromatic carbocycles. The lowest BCUT2D eigenvalue weighted by Gasteiger charge is -2.51. The average molecular weight is 306 g/mol. The van der Waals surface area contributed by atoms with E-state index in [1.54, 1.807) is 27.7 Å². The number of aliphatic hydroxyl groups is 4. The molecule has 0 aliphatic carbocycles. The van der Waals surface area contributed by atoms with Crippen molar-refractivity contribution in [3.05, 3.63) is 0 Å². The summed E-state index contributed by atoms with van der Waals surface area (Å²) < 4.78 is 0. The van der Waals surface area contributed by atoms with Crippen molar-refractivity contribution in [1.29, 1.82) is 0 Å². The van der Waals surface area contributed by atoms with E-state index in [0.717, 1.165) is 0 Å². The molecule has 0 aliphatic rings. The maximum Gasteiger partial charge on any atom is 0.0530 e. The molecule has 4 unspecified atom stereocenters. The molecule has 6 heteroatoms. The zero-order valence-electron chi connectivity index (χ0n) is 14.0. The Morgan fingerprint density at radius 3 is 1.24 bits per heavy atom. The van der Waals surface area contributed by atoms with Crippen LogP contribution in [0.2, 0.25) is 0 Å². The summed E-state index contributed by atoms with van der Waals surface area (Å²) in [5, 5.41) is 39.4. The van der Waals surface area contributed by atoms with Gasteiger partial charge in [-0.05, 0) is 58.8 Å². The number of hydrogen-bond acceptors (Lipinski definition) is 6. The Kier molecular flexibility index (Phi) is 8.31. The highest BCUT2D eigenvalue weighted by Crippen LogP contribution is 2.45. The third kappa shape index (κ3) is 6.18. The largest absolute Gasteiger partial charge is 0.393 e. The Hall–Kier alpha value is -0.240. The number of nitrogens with one attached hydrogen (secondary N) is 1. The van der Waals surface area contributed by atoms with Crippen molar-refractivity contribution >= 4 is 0 Å². The Balaban J connectivity index is 5.71. The highest BCUT2D eigenvalue weighted by atomic mass is 16.3. The Morgan fingerprint density at radius 2 is 1.05 bits per heavy atom. The van der Waals surface area contributed by atoms with E-state index in [9.17, 15) is 20.4 Å². The van der Waals surface area contributed by atoms with Crippen LogP contribution in [0.25, 0.3) is 0 Å². The summed E-state index contributed by atoms with van der Waals surface area (Å²) in [6.45, 7) is 8.63. The quantitative estimate of drug-likeness (QED) is 0.255. The van der Waals surface area contributed by atoms with Crippen molar-refractivity contribution in [2.45, 2.75) is 90.3 Å². The number of aliphatic hydroxyl groups excluding tert-OH is 4. The fraction of sp³-hybridized carbons (Fsp3) is 1.00. The van der Waals surface area contributed by atoms with Crippen molar-refractivity contribution in [3.8, 4) is 0 Å². The second-order valence-corrected chi connectivity index (χ2v) is 7.00. The SMILES string of the molecule is CC(O)CC(C)(CC(C)O)C(CC(C)O)(CC(C)O)NN. The zero-order valence-corrected chi connectivity index (χ0v) is 14.0. The third-order valence-electron chi connectivity index (χ3n) is 4.21. The zero-order chi connectivity index (χ0) is 16.8. The van der Waals surface area contributed by atoms with E-state index in [4.69, 9.17) is 5.84 Å². The summed E-state index contributed by atoms with van der Waals surface area (Å²) in [7, 11) is 0. The van der Waals surface area contributed by atoms with Gasteiger partial charge >= 0.3 is 0 Å². The number of hydrogen-bond donors (Lipinski definition) is 6. The fourth-order valence-electron chi connectivity index (χ4n) is 3.65. The lowest BCUT2D eigenvalue weighted by Crippen LogP contribution is -2.63. The van der Waals surface area contributed by atoms with Crippen LogP contribution in [0.1, 0.15) is 60.3 Å². The lowest BCUT2D eigenvalue weighted by molar-refractivity contribution is -0.0448. The fourth-order valence-corrected chi connectivity index (χ4v) is 3.65. The first-order valence-corrected chi connectivity index (χ1v) is 7.68. The monoisotopic (exact) mass is 306 g/mol. The number of rotatable bonds is 10. The molecule has 6 nitrogen and oxygen atoms in total. The Morgan fingerprint density at radius 1 is 0.762 bits per heavy atom. The van der Waals surface area contributed by atoms with Crippen molar-refractivity contribution in [1.82, 2.24) is 5.43 Å². The molecule has 0 rings (SSSR count). The van der Waals surface area contributed by atoms with Gasteiger partial charge in [0, 0.05) is 5.54 Å². The third-order valence-corrected chi connectivity index (χ3v) is 4.21. The van der Waals surface area contributed by atoms with Crippen LogP contribution < -0.4 is 11.3 Å². The molecule has 0 heterocycles. The molecule has 0 aromatic rings. The van der Waals surface area contributed by atoms with E-state index in [0.29, 0.717) is 25.7 Å². The number of hydrazine groups is 1. The van der Waals surface area contributed by atoms with Gasteiger partial charge in [0.15, 0.2) is 0 Å². The van der Waals surface area contributed by atoms with Crippen LogP contribution in [-0.4, -0.2) is 50.4 Å². The maximum absolute atomic E-state index is 9.86. The van der Waals surface area contributed by atoms with Crippen molar-refractivity contribution in [3.63, 3.8) is 0 Å². The summed E-state index contributed by atoms with van der Waals surface area (Å²) in [4.78, 5) is 0. The van der Waals surface area contributed by atoms with Crippen LogP contribution in [0.4, 0.5) is 0 Å². The summed E-state index contributed by atoms with van der Waals surface area (Å²) >= 11 is 0. The van der Waals surface area contributed by atoms with Gasteiger partial charge in [0.05, 0.1) is 24.4 Å². The highest BCUT2D eigenvalue weighted by molar-refractivity contribution is 5.04. The van der Waals surface area contributed by atoms with Crippen LogP contribution >= 0.6 is 0 Å². The molecule has 0 fully saturated rings. The van der Waals surface area contributed by atoms with Gasteiger partial charge in [0.25, 0.3) is 0 Å². The molecule has 0 aromatic heterocycles. The molecule has 0 radical (unpaired) electrons. The minimum absolute atomic E-state index is 0.324.